The smallest absolute Gasteiger partial charge is 0.261 e. The minimum Gasteiger partial charge on any atom is -0.493 e. The normalized spacial score (nSPS) is 11.5. The van der Waals surface area contributed by atoms with Crippen LogP contribution in [0, 0.1) is 6.92 Å². The van der Waals surface area contributed by atoms with Crippen molar-refractivity contribution in [1.29, 1.82) is 0 Å². The summed E-state index contributed by atoms with van der Waals surface area (Å²) >= 11 is 0. The number of para-hydroxylation sites is 3. The third-order valence-electron chi connectivity index (χ3n) is 3.75. The molecule has 5 nitrogen and oxygen atoms in total. The molecule has 134 valence electrons. The van der Waals surface area contributed by atoms with Gasteiger partial charge in [0.1, 0.15) is 12.4 Å². The summed E-state index contributed by atoms with van der Waals surface area (Å²) in [4.78, 5) is 12.3. The number of carbonyl (C=O) groups excluding carboxylic acids is 1. The molecule has 0 saturated heterocycles. The summed E-state index contributed by atoms with van der Waals surface area (Å²) in [6.07, 6.45) is 0.0698. The molecule has 1 N–H and O–H groups in total. The molecule has 0 aromatic heterocycles. The third-order valence-corrected chi connectivity index (χ3v) is 3.75. The molecule has 0 unspecified atom stereocenters. The molecule has 2 rings (SSSR count). The second-order valence-corrected chi connectivity index (χ2v) is 5.57. The first-order valence-corrected chi connectivity index (χ1v) is 8.41. The van der Waals surface area contributed by atoms with Crippen LogP contribution in [-0.4, -0.2) is 32.3 Å². The van der Waals surface area contributed by atoms with Gasteiger partial charge in [0.15, 0.2) is 17.6 Å². The van der Waals surface area contributed by atoms with E-state index < -0.39 is 6.10 Å². The van der Waals surface area contributed by atoms with Gasteiger partial charge in [-0.3, -0.25) is 4.79 Å². The summed E-state index contributed by atoms with van der Waals surface area (Å²) in [7, 11) is 1.60. The number of methoxy groups -OCH3 is 1. The third kappa shape index (κ3) is 5.41. The number of carbonyl (C=O) groups is 1. The Morgan fingerprint density at radius 2 is 1.68 bits per heavy atom. The number of benzene rings is 2. The van der Waals surface area contributed by atoms with Crippen molar-refractivity contribution >= 4 is 5.91 Å². The molecule has 0 aliphatic rings. The van der Waals surface area contributed by atoms with Crippen LogP contribution in [-0.2, 0) is 4.79 Å². The van der Waals surface area contributed by atoms with Crippen LogP contribution < -0.4 is 19.5 Å². The molecule has 1 atom stereocenters. The minimum absolute atomic E-state index is 0.144. The topological polar surface area (TPSA) is 56.8 Å². The molecule has 5 heteroatoms. The van der Waals surface area contributed by atoms with Crippen molar-refractivity contribution in [3.63, 3.8) is 0 Å². The van der Waals surface area contributed by atoms with E-state index in [1.54, 1.807) is 7.11 Å². The average molecular weight is 343 g/mol. The fourth-order valence-corrected chi connectivity index (χ4v) is 2.35. The van der Waals surface area contributed by atoms with Gasteiger partial charge in [-0.05, 0) is 37.1 Å². The number of rotatable bonds is 9. The van der Waals surface area contributed by atoms with Crippen LogP contribution in [0.4, 0.5) is 0 Å². The summed E-state index contributed by atoms with van der Waals surface area (Å²) in [6.45, 7) is 4.63. The Morgan fingerprint density at radius 1 is 1.04 bits per heavy atom. The van der Waals surface area contributed by atoms with E-state index in [4.69, 9.17) is 14.2 Å². The van der Waals surface area contributed by atoms with Gasteiger partial charge in [0.05, 0.1) is 13.7 Å². The van der Waals surface area contributed by atoms with Crippen LogP contribution in [0.5, 0.6) is 17.2 Å². The van der Waals surface area contributed by atoms with E-state index in [9.17, 15) is 4.79 Å². The zero-order valence-corrected chi connectivity index (χ0v) is 15.0. The summed E-state index contributed by atoms with van der Waals surface area (Å²) in [6, 6.07) is 15.1. The predicted octanol–water partition coefficient (Wildman–Crippen LogP) is 3.36. The average Bonchev–Trinajstić information content (AvgIpc) is 2.64. The lowest BCUT2D eigenvalue weighted by Crippen LogP contribution is -2.39. The van der Waals surface area contributed by atoms with Gasteiger partial charge in [0.2, 0.25) is 0 Å². The lowest BCUT2D eigenvalue weighted by Gasteiger charge is -2.18. The van der Waals surface area contributed by atoms with Crippen molar-refractivity contribution in [2.45, 2.75) is 26.4 Å². The van der Waals surface area contributed by atoms with E-state index in [0.717, 1.165) is 11.3 Å². The number of hydrogen-bond donors (Lipinski definition) is 1. The van der Waals surface area contributed by atoms with Crippen LogP contribution in [0.15, 0.2) is 48.5 Å². The summed E-state index contributed by atoms with van der Waals surface area (Å²) < 4.78 is 16.7. The first-order valence-electron chi connectivity index (χ1n) is 8.41. The van der Waals surface area contributed by atoms with Gasteiger partial charge in [0, 0.05) is 0 Å². The van der Waals surface area contributed by atoms with E-state index in [1.807, 2.05) is 62.4 Å². The van der Waals surface area contributed by atoms with E-state index in [-0.39, 0.29) is 5.91 Å². The maximum atomic E-state index is 12.3. The molecular formula is C20H25NO4. The van der Waals surface area contributed by atoms with E-state index in [1.165, 1.54) is 0 Å². The Balaban J connectivity index is 1.81. The Hall–Kier alpha value is -2.69. The van der Waals surface area contributed by atoms with Gasteiger partial charge in [0.25, 0.3) is 5.91 Å². The van der Waals surface area contributed by atoms with Crippen LogP contribution in [0.1, 0.15) is 18.9 Å². The standard InChI is InChI=1S/C20H25NO4/c1-4-16(25-17-10-6-5-9-15(17)2)20(22)21-13-14-24-19-12-8-7-11-18(19)23-3/h5-12,16H,4,13-14H2,1-3H3,(H,21,22)/t16-/m0/s1. The van der Waals surface area contributed by atoms with Crippen molar-refractivity contribution in [3.05, 3.63) is 54.1 Å². The first kappa shape index (κ1) is 18.6. The summed E-state index contributed by atoms with van der Waals surface area (Å²) in [5.41, 5.74) is 1.01. The van der Waals surface area contributed by atoms with Crippen molar-refractivity contribution in [3.8, 4) is 17.2 Å². The highest BCUT2D eigenvalue weighted by Crippen LogP contribution is 2.25. The van der Waals surface area contributed by atoms with Crippen molar-refractivity contribution in [1.82, 2.24) is 5.32 Å². The lowest BCUT2D eigenvalue weighted by atomic mass is 10.2. The van der Waals surface area contributed by atoms with Crippen molar-refractivity contribution in [2.24, 2.45) is 0 Å². The van der Waals surface area contributed by atoms with Gasteiger partial charge in [-0.15, -0.1) is 0 Å². The fraction of sp³-hybridized carbons (Fsp3) is 0.350. The molecule has 0 heterocycles. The predicted molar refractivity (Wildman–Crippen MR) is 97.4 cm³/mol. The molecule has 0 radical (unpaired) electrons. The fourth-order valence-electron chi connectivity index (χ4n) is 2.35. The maximum Gasteiger partial charge on any atom is 0.261 e. The largest absolute Gasteiger partial charge is 0.493 e. The molecular weight excluding hydrogens is 318 g/mol. The Kier molecular flexibility index (Phi) is 7.14. The van der Waals surface area contributed by atoms with E-state index >= 15 is 0 Å². The molecule has 1 amide bonds. The Bertz CT molecular complexity index is 687. The number of amides is 1. The maximum absolute atomic E-state index is 12.3. The Morgan fingerprint density at radius 3 is 2.32 bits per heavy atom. The highest BCUT2D eigenvalue weighted by atomic mass is 16.5. The molecule has 2 aromatic rings. The SMILES string of the molecule is CC[C@H](Oc1ccccc1C)C(=O)NCCOc1ccccc1OC. The lowest BCUT2D eigenvalue weighted by molar-refractivity contribution is -0.128. The molecule has 2 aromatic carbocycles. The highest BCUT2D eigenvalue weighted by molar-refractivity contribution is 5.81. The van der Waals surface area contributed by atoms with Crippen LogP contribution in [0.2, 0.25) is 0 Å². The zero-order valence-electron chi connectivity index (χ0n) is 15.0. The monoisotopic (exact) mass is 343 g/mol. The summed E-state index contributed by atoms with van der Waals surface area (Å²) in [5.74, 6) is 1.91. The van der Waals surface area contributed by atoms with E-state index in [0.29, 0.717) is 31.1 Å². The molecule has 0 aliphatic heterocycles. The number of ether oxygens (including phenoxy) is 3. The quantitative estimate of drug-likeness (QED) is 0.710. The van der Waals surface area contributed by atoms with E-state index in [2.05, 4.69) is 5.32 Å². The zero-order chi connectivity index (χ0) is 18.1. The summed E-state index contributed by atoms with van der Waals surface area (Å²) in [5, 5.41) is 2.85. The van der Waals surface area contributed by atoms with Crippen molar-refractivity contribution < 1.29 is 19.0 Å². The van der Waals surface area contributed by atoms with Crippen LogP contribution in [0.3, 0.4) is 0 Å². The van der Waals surface area contributed by atoms with Crippen LogP contribution in [0.25, 0.3) is 0 Å². The number of hydrogen-bond acceptors (Lipinski definition) is 4. The van der Waals surface area contributed by atoms with Gasteiger partial charge in [-0.1, -0.05) is 37.3 Å². The second-order valence-electron chi connectivity index (χ2n) is 5.57. The number of aryl methyl sites for hydroxylation is 1. The molecule has 0 bridgehead atoms. The van der Waals surface area contributed by atoms with Gasteiger partial charge in [-0.25, -0.2) is 0 Å². The molecule has 0 aliphatic carbocycles. The second kappa shape index (κ2) is 9.57. The first-order chi connectivity index (χ1) is 12.2. The van der Waals surface area contributed by atoms with Crippen molar-refractivity contribution in [2.75, 3.05) is 20.3 Å². The molecule has 25 heavy (non-hydrogen) atoms. The van der Waals surface area contributed by atoms with Gasteiger partial charge < -0.3 is 19.5 Å². The molecule has 0 fully saturated rings. The van der Waals surface area contributed by atoms with Gasteiger partial charge in [-0.2, -0.15) is 0 Å². The highest BCUT2D eigenvalue weighted by Gasteiger charge is 2.18. The minimum atomic E-state index is -0.521. The van der Waals surface area contributed by atoms with Gasteiger partial charge >= 0.3 is 0 Å². The number of nitrogens with one attached hydrogen (secondary N) is 1. The van der Waals surface area contributed by atoms with Crippen LogP contribution >= 0.6 is 0 Å². The molecule has 0 spiro atoms. The Labute approximate surface area is 148 Å². The molecule has 0 saturated carbocycles.